The second-order valence-electron chi connectivity index (χ2n) is 7.86. The zero-order chi connectivity index (χ0) is 20.5. The van der Waals surface area contributed by atoms with Crippen molar-refractivity contribution in [3.8, 4) is 0 Å². The largest absolute Gasteiger partial charge is 0.481 e. The van der Waals surface area contributed by atoms with E-state index in [0.29, 0.717) is 29.7 Å². The molecule has 28 heavy (non-hydrogen) atoms. The van der Waals surface area contributed by atoms with Crippen molar-refractivity contribution in [2.45, 2.75) is 32.6 Å². The van der Waals surface area contributed by atoms with Crippen molar-refractivity contribution >= 4 is 17.7 Å². The number of carbonyl (C=O) groups is 3. The zero-order valence-electron chi connectivity index (χ0n) is 15.7. The van der Waals surface area contributed by atoms with E-state index in [-0.39, 0.29) is 23.3 Å². The molecule has 1 amide bonds. The Labute approximate surface area is 161 Å². The number of aromatic nitrogens is 1. The van der Waals surface area contributed by atoms with Crippen molar-refractivity contribution in [1.82, 2.24) is 10.3 Å². The molecule has 0 spiro atoms. The van der Waals surface area contributed by atoms with E-state index in [1.807, 2.05) is 13.8 Å². The van der Waals surface area contributed by atoms with Crippen LogP contribution < -0.4 is 10.9 Å². The summed E-state index contributed by atoms with van der Waals surface area (Å²) in [6, 6.07) is 9.85. The summed E-state index contributed by atoms with van der Waals surface area (Å²) in [5, 5.41) is 11.9. The number of aliphatic carboxylic acids is 1. The summed E-state index contributed by atoms with van der Waals surface area (Å²) in [5.41, 5.74) is 0.406. The highest BCUT2D eigenvalue weighted by Crippen LogP contribution is 2.33. The number of Topliss-reactive ketones (excluding diaryl/α,β-unsaturated/α-hetero) is 1. The molecule has 1 atom stereocenters. The van der Waals surface area contributed by atoms with Gasteiger partial charge in [-0.1, -0.05) is 44.2 Å². The van der Waals surface area contributed by atoms with Gasteiger partial charge in [-0.2, -0.15) is 0 Å². The Morgan fingerprint density at radius 1 is 1.18 bits per heavy atom. The SMILES string of the molecule is CC1(C)CC(=O)c2cc(C(=O)NCC(C(=O)O)c3ccccc3)c(=O)[nH]c2C1. The third kappa shape index (κ3) is 4.03. The van der Waals surface area contributed by atoms with Crippen molar-refractivity contribution in [2.24, 2.45) is 5.41 Å². The molecule has 0 aliphatic heterocycles. The molecular weight excluding hydrogens is 360 g/mol. The van der Waals surface area contributed by atoms with E-state index in [9.17, 15) is 24.3 Å². The highest BCUT2D eigenvalue weighted by atomic mass is 16.4. The summed E-state index contributed by atoms with van der Waals surface area (Å²) in [5.74, 6) is -2.85. The minimum Gasteiger partial charge on any atom is -0.481 e. The van der Waals surface area contributed by atoms with Gasteiger partial charge >= 0.3 is 5.97 Å². The van der Waals surface area contributed by atoms with Crippen molar-refractivity contribution in [2.75, 3.05) is 6.54 Å². The van der Waals surface area contributed by atoms with Crippen LogP contribution in [0.5, 0.6) is 0 Å². The van der Waals surface area contributed by atoms with E-state index < -0.39 is 23.4 Å². The Morgan fingerprint density at radius 2 is 1.86 bits per heavy atom. The van der Waals surface area contributed by atoms with E-state index in [4.69, 9.17) is 0 Å². The number of hydrogen-bond donors (Lipinski definition) is 3. The fourth-order valence-corrected chi connectivity index (χ4v) is 3.52. The average Bonchev–Trinajstić information content (AvgIpc) is 2.60. The van der Waals surface area contributed by atoms with Crippen molar-refractivity contribution in [1.29, 1.82) is 0 Å². The molecule has 0 fully saturated rings. The normalized spacial score (nSPS) is 16.1. The zero-order valence-corrected chi connectivity index (χ0v) is 15.7. The maximum atomic E-state index is 12.5. The van der Waals surface area contributed by atoms with Crippen molar-refractivity contribution in [3.63, 3.8) is 0 Å². The number of nitrogens with one attached hydrogen (secondary N) is 2. The molecule has 1 unspecified atom stereocenters. The average molecular weight is 382 g/mol. The second-order valence-corrected chi connectivity index (χ2v) is 7.86. The van der Waals surface area contributed by atoms with Gasteiger partial charge in [0.15, 0.2) is 5.78 Å². The molecule has 0 radical (unpaired) electrons. The van der Waals surface area contributed by atoms with Crippen LogP contribution in [-0.4, -0.2) is 34.3 Å². The molecule has 7 heteroatoms. The van der Waals surface area contributed by atoms with Gasteiger partial charge in [0.25, 0.3) is 11.5 Å². The fraction of sp³-hybridized carbons (Fsp3) is 0.333. The Balaban J connectivity index is 1.82. The molecule has 1 aromatic heterocycles. The molecule has 0 saturated heterocycles. The van der Waals surface area contributed by atoms with E-state index in [1.165, 1.54) is 6.07 Å². The molecule has 2 aromatic rings. The van der Waals surface area contributed by atoms with Crippen LogP contribution >= 0.6 is 0 Å². The van der Waals surface area contributed by atoms with Crippen LogP contribution in [-0.2, 0) is 11.2 Å². The summed E-state index contributed by atoms with van der Waals surface area (Å²) >= 11 is 0. The Morgan fingerprint density at radius 3 is 2.50 bits per heavy atom. The maximum absolute atomic E-state index is 12.5. The molecule has 3 N–H and O–H groups in total. The molecule has 3 rings (SSSR count). The third-order valence-electron chi connectivity index (χ3n) is 4.93. The quantitative estimate of drug-likeness (QED) is 0.732. The van der Waals surface area contributed by atoms with Gasteiger partial charge in [0.1, 0.15) is 5.56 Å². The molecule has 1 aliphatic carbocycles. The molecule has 1 heterocycles. The first kappa shape index (κ1) is 19.5. The Hall–Kier alpha value is -3.22. The van der Waals surface area contributed by atoms with Crippen LogP contribution in [0.3, 0.4) is 0 Å². The monoisotopic (exact) mass is 382 g/mol. The van der Waals surface area contributed by atoms with Gasteiger partial charge in [0, 0.05) is 24.2 Å². The van der Waals surface area contributed by atoms with Crippen LogP contribution in [0.25, 0.3) is 0 Å². The number of pyridine rings is 1. The van der Waals surface area contributed by atoms with E-state index in [0.717, 1.165) is 0 Å². The number of amides is 1. The number of carboxylic acid groups (broad SMARTS) is 1. The van der Waals surface area contributed by atoms with Crippen LogP contribution in [0, 0.1) is 5.41 Å². The first-order valence-electron chi connectivity index (χ1n) is 9.03. The smallest absolute Gasteiger partial charge is 0.312 e. The standard InChI is InChI=1S/C21H22N2O5/c1-21(2)9-16-13(17(24)10-21)8-14(19(26)23-16)18(25)22-11-15(20(27)28)12-6-4-3-5-7-12/h3-8,15H,9-11H2,1-2H3,(H,22,25)(H,23,26)(H,27,28). The molecule has 1 aliphatic rings. The highest BCUT2D eigenvalue weighted by molar-refractivity contribution is 6.02. The maximum Gasteiger partial charge on any atom is 0.312 e. The summed E-state index contributed by atoms with van der Waals surface area (Å²) in [6.45, 7) is 3.72. The Kier molecular flexibility index (Phi) is 5.18. The lowest BCUT2D eigenvalue weighted by Gasteiger charge is -2.29. The fourth-order valence-electron chi connectivity index (χ4n) is 3.52. The molecule has 0 bridgehead atoms. The molecule has 7 nitrogen and oxygen atoms in total. The Bertz CT molecular complexity index is 992. The lowest BCUT2D eigenvalue weighted by atomic mass is 9.75. The van der Waals surface area contributed by atoms with Gasteiger partial charge in [-0.05, 0) is 23.5 Å². The molecule has 1 aromatic carbocycles. The minimum atomic E-state index is -1.08. The van der Waals surface area contributed by atoms with Gasteiger partial charge in [0.2, 0.25) is 0 Å². The summed E-state index contributed by atoms with van der Waals surface area (Å²) in [4.78, 5) is 51.5. The number of benzene rings is 1. The number of carbonyl (C=O) groups excluding carboxylic acids is 2. The number of H-pyrrole nitrogens is 1. The lowest BCUT2D eigenvalue weighted by Crippen LogP contribution is -2.37. The molecular formula is C21H22N2O5. The van der Waals surface area contributed by atoms with Crippen molar-refractivity contribution < 1.29 is 19.5 Å². The lowest BCUT2D eigenvalue weighted by molar-refractivity contribution is -0.138. The number of fused-ring (bicyclic) bond motifs is 1. The van der Waals surface area contributed by atoms with E-state index >= 15 is 0 Å². The topological polar surface area (TPSA) is 116 Å². The third-order valence-corrected chi connectivity index (χ3v) is 4.93. The predicted octanol–water partition coefficient (Wildman–Crippen LogP) is 2.13. The van der Waals surface area contributed by atoms with Gasteiger partial charge in [-0.3, -0.25) is 19.2 Å². The van der Waals surface area contributed by atoms with Crippen LogP contribution in [0.15, 0.2) is 41.2 Å². The minimum absolute atomic E-state index is 0.121. The number of rotatable bonds is 5. The summed E-state index contributed by atoms with van der Waals surface area (Å²) in [7, 11) is 0. The predicted molar refractivity (Wildman–Crippen MR) is 103 cm³/mol. The van der Waals surface area contributed by atoms with Crippen LogP contribution in [0.1, 0.15) is 58.2 Å². The number of aromatic amines is 1. The van der Waals surface area contributed by atoms with Crippen LogP contribution in [0.4, 0.5) is 0 Å². The number of carboxylic acids is 1. The highest BCUT2D eigenvalue weighted by Gasteiger charge is 2.32. The first-order chi connectivity index (χ1) is 13.2. The first-order valence-corrected chi connectivity index (χ1v) is 9.03. The summed E-state index contributed by atoms with van der Waals surface area (Å²) in [6.07, 6.45) is 0.877. The summed E-state index contributed by atoms with van der Waals surface area (Å²) < 4.78 is 0. The van der Waals surface area contributed by atoms with Crippen molar-refractivity contribution in [3.05, 3.63) is 69.1 Å². The second kappa shape index (κ2) is 7.42. The van der Waals surface area contributed by atoms with Gasteiger partial charge < -0.3 is 15.4 Å². The van der Waals surface area contributed by atoms with Gasteiger partial charge in [0.05, 0.1) is 5.92 Å². The van der Waals surface area contributed by atoms with Gasteiger partial charge in [-0.15, -0.1) is 0 Å². The van der Waals surface area contributed by atoms with Crippen LogP contribution in [0.2, 0.25) is 0 Å². The molecule has 146 valence electrons. The molecule has 0 saturated carbocycles. The van der Waals surface area contributed by atoms with E-state index in [1.54, 1.807) is 30.3 Å². The number of hydrogen-bond acceptors (Lipinski definition) is 4. The van der Waals surface area contributed by atoms with Gasteiger partial charge in [-0.25, -0.2) is 0 Å². The number of ketones is 1. The van der Waals surface area contributed by atoms with E-state index in [2.05, 4.69) is 10.3 Å².